The molecular formula is C24H21BrN2O2. The zero-order valence-electron chi connectivity index (χ0n) is 16.1. The maximum Gasteiger partial charge on any atom is 0.336 e. The van der Waals surface area contributed by atoms with Crippen molar-refractivity contribution in [3.63, 3.8) is 0 Å². The van der Waals surface area contributed by atoms with Crippen molar-refractivity contribution in [3.05, 3.63) is 88.2 Å². The van der Waals surface area contributed by atoms with Crippen LogP contribution in [0.4, 0.5) is 0 Å². The highest BCUT2D eigenvalue weighted by atomic mass is 79.9. The number of aryl methyl sites for hydroxylation is 1. The van der Waals surface area contributed by atoms with Crippen LogP contribution < -0.4 is 0 Å². The number of halogens is 1. The van der Waals surface area contributed by atoms with Crippen LogP contribution >= 0.6 is 15.9 Å². The molecule has 29 heavy (non-hydrogen) atoms. The lowest BCUT2D eigenvalue weighted by molar-refractivity contribution is 0.0697. The third kappa shape index (κ3) is 3.83. The van der Waals surface area contributed by atoms with Crippen molar-refractivity contribution in [2.75, 3.05) is 0 Å². The van der Waals surface area contributed by atoms with E-state index in [2.05, 4.69) is 45.6 Å². The number of carbonyl (C=O) groups is 1. The summed E-state index contributed by atoms with van der Waals surface area (Å²) in [6.07, 6.45) is 1.96. The van der Waals surface area contributed by atoms with E-state index in [4.69, 9.17) is 4.98 Å². The number of imidazole rings is 1. The molecule has 0 bridgehead atoms. The van der Waals surface area contributed by atoms with Gasteiger partial charge in [-0.15, -0.1) is 0 Å². The number of para-hydroxylation sites is 1. The van der Waals surface area contributed by atoms with Gasteiger partial charge in [-0.3, -0.25) is 0 Å². The van der Waals surface area contributed by atoms with Crippen LogP contribution in [0.2, 0.25) is 0 Å². The highest BCUT2D eigenvalue weighted by Gasteiger charge is 2.14. The molecule has 0 fully saturated rings. The van der Waals surface area contributed by atoms with Crippen molar-refractivity contribution in [2.24, 2.45) is 0 Å². The predicted molar refractivity (Wildman–Crippen MR) is 119 cm³/mol. The van der Waals surface area contributed by atoms with Gasteiger partial charge in [0, 0.05) is 17.4 Å². The van der Waals surface area contributed by atoms with E-state index in [1.165, 1.54) is 0 Å². The normalized spacial score (nSPS) is 11.1. The Morgan fingerprint density at radius 1 is 1.03 bits per heavy atom. The highest BCUT2D eigenvalue weighted by molar-refractivity contribution is 9.10. The van der Waals surface area contributed by atoms with Crippen LogP contribution in [0.15, 0.2) is 71.2 Å². The second-order valence-corrected chi connectivity index (χ2v) is 7.87. The lowest BCUT2D eigenvalue weighted by atomic mass is 9.99. The quantitative estimate of drug-likeness (QED) is 0.383. The number of rotatable bonds is 6. The lowest BCUT2D eigenvalue weighted by Gasteiger charge is -2.11. The molecule has 5 heteroatoms. The van der Waals surface area contributed by atoms with E-state index < -0.39 is 5.97 Å². The summed E-state index contributed by atoms with van der Waals surface area (Å²) in [6.45, 7) is 2.89. The van der Waals surface area contributed by atoms with Crippen LogP contribution in [0.5, 0.6) is 0 Å². The molecule has 0 spiro atoms. The van der Waals surface area contributed by atoms with Gasteiger partial charge in [-0.1, -0.05) is 55.5 Å². The van der Waals surface area contributed by atoms with Crippen molar-refractivity contribution < 1.29 is 9.90 Å². The summed E-state index contributed by atoms with van der Waals surface area (Å²) in [4.78, 5) is 16.4. The van der Waals surface area contributed by atoms with Crippen LogP contribution in [0.25, 0.3) is 22.2 Å². The van der Waals surface area contributed by atoms with Gasteiger partial charge in [-0.2, -0.15) is 0 Å². The summed E-state index contributed by atoms with van der Waals surface area (Å²) in [5.74, 6) is 0.166. The van der Waals surface area contributed by atoms with Gasteiger partial charge in [-0.05, 0) is 57.2 Å². The van der Waals surface area contributed by atoms with Crippen LogP contribution in [-0.4, -0.2) is 20.6 Å². The fourth-order valence-electron chi connectivity index (χ4n) is 3.65. The molecule has 4 nitrogen and oxygen atoms in total. The molecular weight excluding hydrogens is 428 g/mol. The van der Waals surface area contributed by atoms with Crippen molar-refractivity contribution in [1.82, 2.24) is 9.55 Å². The average molecular weight is 449 g/mol. The first-order valence-corrected chi connectivity index (χ1v) is 10.4. The van der Waals surface area contributed by atoms with Crippen molar-refractivity contribution in [1.29, 1.82) is 0 Å². The maximum atomic E-state index is 11.5. The third-order valence-corrected chi connectivity index (χ3v) is 5.69. The topological polar surface area (TPSA) is 55.1 Å². The number of hydrogen-bond acceptors (Lipinski definition) is 2. The number of carboxylic acid groups (broad SMARTS) is 1. The summed E-state index contributed by atoms with van der Waals surface area (Å²) < 4.78 is 3.27. The number of hydrogen-bond donors (Lipinski definition) is 1. The first-order valence-electron chi connectivity index (χ1n) is 9.63. The van der Waals surface area contributed by atoms with E-state index in [1.807, 2.05) is 36.4 Å². The largest absolute Gasteiger partial charge is 0.478 e. The van der Waals surface area contributed by atoms with Crippen LogP contribution in [-0.2, 0) is 13.0 Å². The Labute approximate surface area is 178 Å². The van der Waals surface area contributed by atoms with E-state index in [-0.39, 0.29) is 0 Å². The van der Waals surface area contributed by atoms with E-state index in [9.17, 15) is 9.90 Å². The molecule has 0 radical (unpaired) electrons. The number of nitrogens with zero attached hydrogens (tertiary/aromatic N) is 2. The number of benzene rings is 3. The van der Waals surface area contributed by atoms with E-state index in [0.717, 1.165) is 57.4 Å². The van der Waals surface area contributed by atoms with Gasteiger partial charge < -0.3 is 9.67 Å². The number of aromatic nitrogens is 2. The van der Waals surface area contributed by atoms with Crippen LogP contribution in [0, 0.1) is 0 Å². The number of fused-ring (bicyclic) bond motifs is 1. The Kier molecular flexibility index (Phi) is 5.49. The summed E-state index contributed by atoms with van der Waals surface area (Å²) in [7, 11) is 0. The Bertz CT molecular complexity index is 1180. The maximum absolute atomic E-state index is 11.5. The molecule has 4 rings (SSSR count). The molecule has 146 valence electrons. The molecule has 0 saturated carbocycles. The SMILES string of the molecule is CCCc1nc2c(Br)cccc2n1Cc1ccc(-c2ccccc2C(=O)O)cc1. The monoisotopic (exact) mass is 448 g/mol. The predicted octanol–water partition coefficient (Wildman–Crippen LogP) is 6.16. The molecule has 0 aliphatic heterocycles. The Morgan fingerprint density at radius 2 is 1.79 bits per heavy atom. The van der Waals surface area contributed by atoms with Gasteiger partial charge in [-0.25, -0.2) is 9.78 Å². The first-order chi connectivity index (χ1) is 14.1. The highest BCUT2D eigenvalue weighted by Crippen LogP contribution is 2.27. The molecule has 4 aromatic rings. The summed E-state index contributed by atoms with van der Waals surface area (Å²) in [6, 6.07) is 21.4. The summed E-state index contributed by atoms with van der Waals surface area (Å²) >= 11 is 3.61. The van der Waals surface area contributed by atoms with Crippen molar-refractivity contribution >= 4 is 32.9 Å². The van der Waals surface area contributed by atoms with Gasteiger partial charge in [0.1, 0.15) is 11.3 Å². The van der Waals surface area contributed by atoms with Crippen molar-refractivity contribution in [2.45, 2.75) is 26.3 Å². The Morgan fingerprint density at radius 3 is 2.52 bits per heavy atom. The molecule has 0 aliphatic carbocycles. The minimum Gasteiger partial charge on any atom is -0.478 e. The van der Waals surface area contributed by atoms with Gasteiger partial charge in [0.25, 0.3) is 0 Å². The zero-order valence-corrected chi connectivity index (χ0v) is 17.7. The first kappa shape index (κ1) is 19.4. The fourth-order valence-corrected chi connectivity index (χ4v) is 4.09. The minimum atomic E-state index is -0.913. The fraction of sp³-hybridized carbons (Fsp3) is 0.167. The number of carboxylic acids is 1. The van der Waals surface area contributed by atoms with Crippen molar-refractivity contribution in [3.8, 4) is 11.1 Å². The molecule has 0 atom stereocenters. The second-order valence-electron chi connectivity index (χ2n) is 7.02. The second kappa shape index (κ2) is 8.21. The molecule has 0 unspecified atom stereocenters. The zero-order chi connectivity index (χ0) is 20.4. The molecule has 1 heterocycles. The average Bonchev–Trinajstić information content (AvgIpc) is 3.07. The summed E-state index contributed by atoms with van der Waals surface area (Å²) in [5, 5.41) is 9.44. The number of aromatic carboxylic acids is 1. The summed E-state index contributed by atoms with van der Waals surface area (Å²) in [5.41, 5.74) is 5.20. The minimum absolute atomic E-state index is 0.316. The molecule has 1 N–H and O–H groups in total. The molecule has 3 aromatic carbocycles. The van der Waals surface area contributed by atoms with E-state index in [1.54, 1.807) is 12.1 Å². The van der Waals surface area contributed by atoms with Crippen LogP contribution in [0.1, 0.15) is 35.1 Å². The van der Waals surface area contributed by atoms with Gasteiger partial charge in [0.05, 0.1) is 11.1 Å². The smallest absolute Gasteiger partial charge is 0.336 e. The molecule has 0 aliphatic rings. The van der Waals surface area contributed by atoms with E-state index in [0.29, 0.717) is 5.56 Å². The standard InChI is InChI=1S/C24H21BrN2O2/c1-2-6-22-26-23-20(25)9-5-10-21(23)27(22)15-16-11-13-17(14-12-16)18-7-3-4-8-19(18)24(28)29/h3-5,7-14H,2,6,15H2,1H3,(H,28,29). The Hall–Kier alpha value is -2.92. The molecule has 0 saturated heterocycles. The molecule has 0 amide bonds. The molecule has 1 aromatic heterocycles. The van der Waals surface area contributed by atoms with Gasteiger partial charge >= 0.3 is 5.97 Å². The third-order valence-electron chi connectivity index (χ3n) is 5.05. The van der Waals surface area contributed by atoms with Gasteiger partial charge in [0.15, 0.2) is 0 Å². The van der Waals surface area contributed by atoms with Gasteiger partial charge in [0.2, 0.25) is 0 Å². The Balaban J connectivity index is 1.69. The lowest BCUT2D eigenvalue weighted by Crippen LogP contribution is -2.05. The van der Waals surface area contributed by atoms with Crippen LogP contribution in [0.3, 0.4) is 0 Å². The van der Waals surface area contributed by atoms with E-state index >= 15 is 0 Å².